The Kier molecular flexibility index (Phi) is 4.01. The molecule has 4 nitrogen and oxygen atoms in total. The lowest BCUT2D eigenvalue weighted by atomic mass is 10.2. The molecule has 0 aromatic heterocycles. The number of nitrogens with one attached hydrogen (secondary N) is 1. The van der Waals surface area contributed by atoms with E-state index in [0.717, 1.165) is 3.57 Å². The zero-order valence-corrected chi connectivity index (χ0v) is 12.5. The third-order valence-corrected chi connectivity index (χ3v) is 3.49. The van der Waals surface area contributed by atoms with E-state index < -0.39 is 6.04 Å². The van der Waals surface area contributed by atoms with Crippen molar-refractivity contribution >= 4 is 40.1 Å². The predicted octanol–water partition coefficient (Wildman–Crippen LogP) is 1.92. The summed E-state index contributed by atoms with van der Waals surface area (Å²) in [6.07, 6.45) is 0.239. The van der Waals surface area contributed by atoms with E-state index in [1.807, 2.05) is 26.0 Å². The molecule has 2 amide bonds. The molecular weight excluding hydrogens is 343 g/mol. The Morgan fingerprint density at radius 3 is 2.44 bits per heavy atom. The molecule has 1 unspecified atom stereocenters. The smallest absolute Gasteiger partial charge is 0.251 e. The first-order valence-corrected chi connectivity index (χ1v) is 6.95. The van der Waals surface area contributed by atoms with Crippen LogP contribution in [0.5, 0.6) is 0 Å². The number of amides is 2. The summed E-state index contributed by atoms with van der Waals surface area (Å²) in [5.74, 6) is -0.297. The summed E-state index contributed by atoms with van der Waals surface area (Å²) >= 11 is 2.19. The van der Waals surface area contributed by atoms with Gasteiger partial charge in [0.05, 0.1) is 18.2 Å². The Morgan fingerprint density at radius 1 is 1.28 bits per heavy atom. The van der Waals surface area contributed by atoms with Gasteiger partial charge in [-0.3, -0.25) is 9.59 Å². The number of rotatable bonds is 3. The van der Waals surface area contributed by atoms with Gasteiger partial charge in [-0.2, -0.15) is 0 Å². The molecule has 1 aliphatic rings. The predicted molar refractivity (Wildman–Crippen MR) is 78.3 cm³/mol. The second-order valence-corrected chi connectivity index (χ2v) is 5.87. The Morgan fingerprint density at radius 2 is 1.89 bits per heavy atom. The number of nitrogens with zero attached hydrogens (tertiary/aromatic N) is 1. The SMILES string of the molecule is CC(C)NC1CC(=O)N(c2ccc(I)cc2)C1=O. The Balaban J connectivity index is 2.21. The van der Waals surface area contributed by atoms with Gasteiger partial charge in [-0.1, -0.05) is 13.8 Å². The molecule has 1 aliphatic heterocycles. The highest BCUT2D eigenvalue weighted by molar-refractivity contribution is 14.1. The highest BCUT2D eigenvalue weighted by Gasteiger charge is 2.39. The van der Waals surface area contributed by atoms with Crippen molar-refractivity contribution in [2.75, 3.05) is 4.90 Å². The first kappa shape index (κ1) is 13.5. The van der Waals surface area contributed by atoms with E-state index in [1.54, 1.807) is 12.1 Å². The highest BCUT2D eigenvalue weighted by Crippen LogP contribution is 2.23. The average molecular weight is 358 g/mol. The summed E-state index contributed by atoms with van der Waals surface area (Å²) in [6.45, 7) is 3.93. The molecule has 1 heterocycles. The van der Waals surface area contributed by atoms with Crippen molar-refractivity contribution < 1.29 is 9.59 Å². The third-order valence-electron chi connectivity index (χ3n) is 2.77. The zero-order valence-electron chi connectivity index (χ0n) is 10.3. The van der Waals surface area contributed by atoms with Gasteiger partial charge in [0.25, 0.3) is 5.91 Å². The maximum atomic E-state index is 12.2. The van der Waals surface area contributed by atoms with Crippen LogP contribution in [0.1, 0.15) is 20.3 Å². The van der Waals surface area contributed by atoms with Crippen LogP contribution in [0.25, 0.3) is 0 Å². The monoisotopic (exact) mass is 358 g/mol. The Labute approximate surface area is 120 Å². The van der Waals surface area contributed by atoms with E-state index in [2.05, 4.69) is 27.9 Å². The third kappa shape index (κ3) is 2.72. The molecule has 0 spiro atoms. The van der Waals surface area contributed by atoms with Crippen molar-refractivity contribution in [2.45, 2.75) is 32.4 Å². The zero-order chi connectivity index (χ0) is 13.3. The van der Waals surface area contributed by atoms with Gasteiger partial charge in [0.1, 0.15) is 0 Å². The van der Waals surface area contributed by atoms with Crippen molar-refractivity contribution in [2.24, 2.45) is 0 Å². The van der Waals surface area contributed by atoms with Gasteiger partial charge in [-0.05, 0) is 46.9 Å². The fraction of sp³-hybridized carbons (Fsp3) is 0.385. The lowest BCUT2D eigenvalue weighted by Crippen LogP contribution is -2.41. The molecule has 1 aromatic rings. The number of halogens is 1. The standard InChI is InChI=1S/C13H15IN2O2/c1-8(2)15-11-7-12(17)16(13(11)18)10-5-3-9(14)4-6-10/h3-6,8,11,15H,7H2,1-2H3. The lowest BCUT2D eigenvalue weighted by molar-refractivity contribution is -0.121. The van der Waals surface area contributed by atoms with Crippen LogP contribution >= 0.6 is 22.6 Å². The second kappa shape index (κ2) is 5.36. The largest absolute Gasteiger partial charge is 0.303 e. The molecule has 0 saturated carbocycles. The van der Waals surface area contributed by atoms with E-state index in [9.17, 15) is 9.59 Å². The molecule has 1 atom stereocenters. The van der Waals surface area contributed by atoms with Crippen LogP contribution in [0.2, 0.25) is 0 Å². The minimum Gasteiger partial charge on any atom is -0.303 e. The Bertz CT molecular complexity index is 470. The van der Waals surface area contributed by atoms with Gasteiger partial charge in [0.2, 0.25) is 5.91 Å². The number of carbonyl (C=O) groups is 2. The summed E-state index contributed by atoms with van der Waals surface area (Å²) < 4.78 is 1.08. The minimum absolute atomic E-state index is 0.139. The molecule has 1 saturated heterocycles. The summed E-state index contributed by atoms with van der Waals surface area (Å²) in [7, 11) is 0. The number of hydrogen-bond donors (Lipinski definition) is 1. The van der Waals surface area contributed by atoms with Gasteiger partial charge in [0.15, 0.2) is 0 Å². The van der Waals surface area contributed by atoms with Crippen LogP contribution in [0.3, 0.4) is 0 Å². The molecule has 0 aliphatic carbocycles. The first-order chi connectivity index (χ1) is 8.49. The van der Waals surface area contributed by atoms with Crippen molar-refractivity contribution in [1.82, 2.24) is 5.32 Å². The summed E-state index contributed by atoms with van der Waals surface area (Å²) in [6, 6.07) is 7.17. The molecular formula is C13H15IN2O2. The number of hydrogen-bond acceptors (Lipinski definition) is 3. The summed E-state index contributed by atoms with van der Waals surface area (Å²) in [5.41, 5.74) is 0.651. The van der Waals surface area contributed by atoms with Crippen LogP contribution in [0, 0.1) is 3.57 Å². The fourth-order valence-corrected chi connectivity index (χ4v) is 2.39. The Hall–Kier alpha value is -0.950. The molecule has 1 N–H and O–H groups in total. The van der Waals surface area contributed by atoms with Crippen molar-refractivity contribution in [3.05, 3.63) is 27.8 Å². The number of imide groups is 1. The highest BCUT2D eigenvalue weighted by atomic mass is 127. The number of carbonyl (C=O) groups excluding carboxylic acids is 2. The second-order valence-electron chi connectivity index (χ2n) is 4.62. The van der Waals surface area contributed by atoms with E-state index in [0.29, 0.717) is 5.69 Å². The van der Waals surface area contributed by atoms with Crippen LogP contribution in [0.4, 0.5) is 5.69 Å². The topological polar surface area (TPSA) is 49.4 Å². The molecule has 2 rings (SSSR count). The maximum Gasteiger partial charge on any atom is 0.251 e. The van der Waals surface area contributed by atoms with E-state index in [4.69, 9.17) is 0 Å². The van der Waals surface area contributed by atoms with Crippen molar-refractivity contribution in [3.8, 4) is 0 Å². The molecule has 0 radical (unpaired) electrons. The molecule has 1 fully saturated rings. The van der Waals surface area contributed by atoms with Gasteiger partial charge in [-0.25, -0.2) is 4.90 Å². The van der Waals surface area contributed by atoms with Gasteiger partial charge in [-0.15, -0.1) is 0 Å². The molecule has 96 valence electrons. The maximum absolute atomic E-state index is 12.2. The first-order valence-electron chi connectivity index (χ1n) is 5.87. The lowest BCUT2D eigenvalue weighted by Gasteiger charge is -2.16. The van der Waals surface area contributed by atoms with Crippen LogP contribution in [-0.4, -0.2) is 23.9 Å². The van der Waals surface area contributed by atoms with Gasteiger partial charge >= 0.3 is 0 Å². The number of benzene rings is 1. The van der Waals surface area contributed by atoms with Crippen LogP contribution in [-0.2, 0) is 9.59 Å². The quantitative estimate of drug-likeness (QED) is 0.664. The average Bonchev–Trinajstić information content (AvgIpc) is 2.55. The van der Waals surface area contributed by atoms with Crippen molar-refractivity contribution in [1.29, 1.82) is 0 Å². The normalized spacial score (nSPS) is 20.0. The van der Waals surface area contributed by atoms with Gasteiger partial charge in [0, 0.05) is 9.61 Å². The van der Waals surface area contributed by atoms with Crippen LogP contribution in [0.15, 0.2) is 24.3 Å². The fourth-order valence-electron chi connectivity index (χ4n) is 2.03. The van der Waals surface area contributed by atoms with E-state index in [1.165, 1.54) is 4.90 Å². The van der Waals surface area contributed by atoms with Crippen LogP contribution < -0.4 is 10.2 Å². The van der Waals surface area contributed by atoms with E-state index in [-0.39, 0.29) is 24.3 Å². The molecule has 5 heteroatoms. The number of anilines is 1. The van der Waals surface area contributed by atoms with E-state index >= 15 is 0 Å². The summed E-state index contributed by atoms with van der Waals surface area (Å²) in [4.78, 5) is 25.4. The minimum atomic E-state index is -0.392. The van der Waals surface area contributed by atoms with Crippen molar-refractivity contribution in [3.63, 3.8) is 0 Å². The summed E-state index contributed by atoms with van der Waals surface area (Å²) in [5, 5.41) is 3.12. The molecule has 0 bridgehead atoms. The molecule has 18 heavy (non-hydrogen) atoms. The van der Waals surface area contributed by atoms with Gasteiger partial charge < -0.3 is 5.32 Å². The molecule has 1 aromatic carbocycles.